The van der Waals surface area contributed by atoms with E-state index < -0.39 is 0 Å². The summed E-state index contributed by atoms with van der Waals surface area (Å²) < 4.78 is 12.4. The number of halogens is 1. The van der Waals surface area contributed by atoms with Gasteiger partial charge in [0.1, 0.15) is 5.82 Å². The van der Waals surface area contributed by atoms with Crippen molar-refractivity contribution in [3.05, 3.63) is 30.1 Å². The summed E-state index contributed by atoms with van der Waals surface area (Å²) in [6.45, 7) is 1.76. The van der Waals surface area contributed by atoms with Gasteiger partial charge in [-0.15, -0.1) is 0 Å². The lowest BCUT2D eigenvalue weighted by atomic mass is 10.3. The van der Waals surface area contributed by atoms with E-state index in [0.717, 1.165) is 0 Å². The van der Waals surface area contributed by atoms with Gasteiger partial charge in [0.05, 0.1) is 0 Å². The highest BCUT2D eigenvalue weighted by Gasteiger charge is 1.97. The first-order valence-corrected chi connectivity index (χ1v) is 3.78. The van der Waals surface area contributed by atoms with Crippen molar-refractivity contribution in [2.24, 2.45) is 0 Å². The van der Waals surface area contributed by atoms with Gasteiger partial charge in [-0.05, 0) is 24.3 Å². The maximum atomic E-state index is 12.4. The molecule has 0 aliphatic rings. The number of carbonyl (C=O) groups is 1. The van der Waals surface area contributed by atoms with Crippen LogP contribution in [0.1, 0.15) is 14.8 Å². The molecule has 66 valence electrons. The lowest BCUT2D eigenvalue weighted by Crippen LogP contribution is -2.09. The Morgan fingerprint density at radius 2 is 2.08 bits per heavy atom. The van der Waals surface area contributed by atoms with Gasteiger partial charge < -0.3 is 5.32 Å². The molecule has 2 nitrogen and oxygen atoms in total. The van der Waals surface area contributed by atoms with E-state index in [2.05, 4.69) is 5.32 Å². The number of hydrogen-bond acceptors (Lipinski definition) is 1. The quantitative estimate of drug-likeness (QED) is 0.723. The van der Waals surface area contributed by atoms with Crippen LogP contribution in [0.4, 0.5) is 10.1 Å². The Kier molecular flexibility index (Phi) is 2.80. The first-order chi connectivity index (χ1) is 5.72. The largest absolute Gasteiger partial charge is 0.326 e. The number of amides is 1. The van der Waals surface area contributed by atoms with E-state index in [1.807, 2.05) is 0 Å². The summed E-state index contributed by atoms with van der Waals surface area (Å²) in [7, 11) is 0. The maximum absolute atomic E-state index is 12.4. The molecule has 3 heteroatoms. The molecule has 0 heterocycles. The van der Waals surface area contributed by atoms with Crippen LogP contribution < -0.4 is 5.32 Å². The van der Waals surface area contributed by atoms with Crippen molar-refractivity contribution in [1.82, 2.24) is 0 Å². The van der Waals surface area contributed by atoms with Gasteiger partial charge in [0.25, 0.3) is 0 Å². The molecule has 0 bridgehead atoms. The highest BCUT2D eigenvalue weighted by atomic mass is 19.1. The molecule has 12 heavy (non-hydrogen) atoms. The molecule has 0 atom stereocenters. The summed E-state index contributed by atoms with van der Waals surface area (Å²) in [5, 5.41) is 2.61. The molecule has 1 aromatic rings. The van der Waals surface area contributed by atoms with Gasteiger partial charge in [0.2, 0.25) is 5.91 Å². The molecule has 0 unspecified atom stereocenters. The zero-order chi connectivity index (χ0) is 8.97. The molecule has 0 saturated heterocycles. The minimum atomic E-state index is -0.301. The standard InChI is InChI=1S/C9H10FNO.H2/c1-2-9(12)11-8-5-3-7(10)4-6-8;/h3-6H,2H2,1H3,(H,11,12);1H. The summed E-state index contributed by atoms with van der Waals surface area (Å²) in [5.41, 5.74) is 0.628. The van der Waals surface area contributed by atoms with Crippen molar-refractivity contribution in [1.29, 1.82) is 0 Å². The van der Waals surface area contributed by atoms with Crippen LogP contribution in [0.3, 0.4) is 0 Å². The van der Waals surface area contributed by atoms with E-state index in [0.29, 0.717) is 12.1 Å². The van der Waals surface area contributed by atoms with Crippen LogP contribution in [0.5, 0.6) is 0 Å². The first-order valence-electron chi connectivity index (χ1n) is 3.78. The Morgan fingerprint density at radius 1 is 1.50 bits per heavy atom. The van der Waals surface area contributed by atoms with Gasteiger partial charge in [0, 0.05) is 13.5 Å². The van der Waals surface area contributed by atoms with Crippen LogP contribution in [-0.4, -0.2) is 5.91 Å². The van der Waals surface area contributed by atoms with Crippen molar-refractivity contribution in [2.75, 3.05) is 5.32 Å². The van der Waals surface area contributed by atoms with Crippen LogP contribution in [0.15, 0.2) is 24.3 Å². The fraction of sp³-hybridized carbons (Fsp3) is 0.222. The Morgan fingerprint density at radius 3 is 2.58 bits per heavy atom. The highest BCUT2D eigenvalue weighted by molar-refractivity contribution is 5.90. The van der Waals surface area contributed by atoms with Crippen LogP contribution in [0.25, 0.3) is 0 Å². The zero-order valence-electron chi connectivity index (χ0n) is 6.80. The highest BCUT2D eigenvalue weighted by Crippen LogP contribution is 2.07. The average molecular weight is 169 g/mol. The van der Waals surface area contributed by atoms with E-state index in [1.165, 1.54) is 24.3 Å². The Balaban J connectivity index is 0.00000144. The number of hydrogen-bond donors (Lipinski definition) is 1. The Hall–Kier alpha value is -1.38. The minimum absolute atomic E-state index is 0. The van der Waals surface area contributed by atoms with Crippen molar-refractivity contribution in [3.8, 4) is 0 Å². The number of anilines is 1. The third-order valence-electron chi connectivity index (χ3n) is 1.45. The second-order valence-electron chi connectivity index (χ2n) is 2.41. The summed E-state index contributed by atoms with van der Waals surface area (Å²) in [6.07, 6.45) is 0.428. The van der Waals surface area contributed by atoms with Gasteiger partial charge in [-0.1, -0.05) is 6.92 Å². The molecule has 0 saturated carbocycles. The molecule has 0 aromatic heterocycles. The number of nitrogens with one attached hydrogen (secondary N) is 1. The van der Waals surface area contributed by atoms with E-state index >= 15 is 0 Å². The van der Waals surface area contributed by atoms with Crippen molar-refractivity contribution >= 4 is 11.6 Å². The monoisotopic (exact) mass is 169 g/mol. The number of carbonyl (C=O) groups excluding carboxylic acids is 1. The lowest BCUT2D eigenvalue weighted by molar-refractivity contribution is -0.115. The van der Waals surface area contributed by atoms with Crippen LogP contribution >= 0.6 is 0 Å². The predicted octanol–water partition coefficient (Wildman–Crippen LogP) is 2.42. The second kappa shape index (κ2) is 3.85. The zero-order valence-corrected chi connectivity index (χ0v) is 6.80. The molecular weight excluding hydrogens is 157 g/mol. The van der Waals surface area contributed by atoms with Crippen LogP contribution in [0, 0.1) is 5.82 Å². The van der Waals surface area contributed by atoms with Gasteiger partial charge in [-0.25, -0.2) is 4.39 Å². The fourth-order valence-corrected chi connectivity index (χ4v) is 0.783. The third-order valence-corrected chi connectivity index (χ3v) is 1.45. The molecule has 0 aliphatic carbocycles. The Labute approximate surface area is 71.9 Å². The third kappa shape index (κ3) is 2.34. The lowest BCUT2D eigenvalue weighted by Gasteiger charge is -2.01. The smallest absolute Gasteiger partial charge is 0.224 e. The maximum Gasteiger partial charge on any atom is 0.224 e. The Bertz CT molecular complexity index is 273. The van der Waals surface area contributed by atoms with Crippen molar-refractivity contribution < 1.29 is 10.6 Å². The molecule has 1 amide bonds. The SMILES string of the molecule is CCC(=O)Nc1ccc(F)cc1.[HH]. The molecule has 0 spiro atoms. The number of rotatable bonds is 2. The predicted molar refractivity (Wildman–Crippen MR) is 47.4 cm³/mol. The van der Waals surface area contributed by atoms with Gasteiger partial charge in [-0.2, -0.15) is 0 Å². The number of benzene rings is 1. The van der Waals surface area contributed by atoms with Gasteiger partial charge >= 0.3 is 0 Å². The first kappa shape index (κ1) is 8.71. The van der Waals surface area contributed by atoms with E-state index in [4.69, 9.17) is 0 Å². The van der Waals surface area contributed by atoms with E-state index in [9.17, 15) is 9.18 Å². The summed E-state index contributed by atoms with van der Waals surface area (Å²) >= 11 is 0. The minimum Gasteiger partial charge on any atom is -0.326 e. The van der Waals surface area contributed by atoms with E-state index in [-0.39, 0.29) is 13.2 Å². The van der Waals surface area contributed by atoms with Gasteiger partial charge in [0.15, 0.2) is 0 Å². The second-order valence-corrected chi connectivity index (χ2v) is 2.41. The summed E-state index contributed by atoms with van der Waals surface area (Å²) in [4.78, 5) is 10.9. The van der Waals surface area contributed by atoms with Gasteiger partial charge in [-0.3, -0.25) is 4.79 Å². The van der Waals surface area contributed by atoms with Crippen molar-refractivity contribution in [2.45, 2.75) is 13.3 Å². The molecule has 0 radical (unpaired) electrons. The molecule has 1 aromatic carbocycles. The topological polar surface area (TPSA) is 29.1 Å². The molecule has 0 aliphatic heterocycles. The average Bonchev–Trinajstić information content (AvgIpc) is 2.09. The molecule has 1 N–H and O–H groups in total. The van der Waals surface area contributed by atoms with Crippen LogP contribution in [-0.2, 0) is 4.79 Å². The van der Waals surface area contributed by atoms with E-state index in [1.54, 1.807) is 6.92 Å². The molecular formula is C9H12FNO. The van der Waals surface area contributed by atoms with Crippen molar-refractivity contribution in [3.63, 3.8) is 0 Å². The fourth-order valence-electron chi connectivity index (χ4n) is 0.783. The molecule has 0 fully saturated rings. The van der Waals surface area contributed by atoms with Crippen LogP contribution in [0.2, 0.25) is 0 Å². The summed E-state index contributed by atoms with van der Waals surface area (Å²) in [5.74, 6) is -0.369. The summed E-state index contributed by atoms with van der Waals surface area (Å²) in [6, 6.07) is 5.68. The normalized spacial score (nSPS) is 9.50. The molecule has 1 rings (SSSR count).